The van der Waals surface area contributed by atoms with Gasteiger partial charge in [0.2, 0.25) is 21.1 Å². The minimum atomic E-state index is -4.77. The first-order valence-corrected chi connectivity index (χ1v) is 39.6. The van der Waals surface area contributed by atoms with Gasteiger partial charge in [0.25, 0.3) is 78.3 Å². The van der Waals surface area contributed by atoms with Crippen LogP contribution in [0.25, 0.3) is 5.57 Å². The summed E-state index contributed by atoms with van der Waals surface area (Å²) in [7, 11) is -32.3. The predicted molar refractivity (Wildman–Crippen MR) is 340 cm³/mol. The zero-order valence-corrected chi connectivity index (χ0v) is 56.8. The fraction of sp³-hybridized carbons (Fsp3) is 0.423. The number of nitrogens with two attached hydrogens (primary N) is 1. The molecule has 2 aliphatic heterocycles. The molecular weight excluding hydrogens is 1410 g/mol. The maximum atomic E-state index is 14.1. The van der Waals surface area contributed by atoms with Gasteiger partial charge in [-0.05, 0) is 80.4 Å². The number of pyridine rings is 1. The number of rotatable bonds is 32. The number of fused-ring (bicyclic) bond motifs is 2. The van der Waals surface area contributed by atoms with Gasteiger partial charge >= 0.3 is 0 Å². The van der Waals surface area contributed by atoms with E-state index >= 15 is 0 Å². The van der Waals surface area contributed by atoms with Crippen LogP contribution in [0.4, 0.5) is 16.5 Å². The zero-order valence-electron chi connectivity index (χ0n) is 50.3. The van der Waals surface area contributed by atoms with Crippen molar-refractivity contribution >= 4 is 133 Å². The van der Waals surface area contributed by atoms with E-state index in [-0.39, 0.29) is 72.0 Å². The first-order valence-electron chi connectivity index (χ1n) is 27.6. The molecule has 34 nitrogen and oxygen atoms in total. The van der Waals surface area contributed by atoms with E-state index in [0.29, 0.717) is 45.2 Å². The van der Waals surface area contributed by atoms with Crippen LogP contribution in [0.1, 0.15) is 94.9 Å². The summed E-state index contributed by atoms with van der Waals surface area (Å²) in [6, 6.07) is 11.2. The summed E-state index contributed by atoms with van der Waals surface area (Å²) in [5.74, 6) is -8.77. The number of anilines is 2. The monoisotopic (exact) mass is 1470 g/mol. The Labute approximate surface area is 546 Å². The molecule has 6 rings (SSSR count). The van der Waals surface area contributed by atoms with Crippen LogP contribution in [0.3, 0.4) is 0 Å². The van der Waals surface area contributed by atoms with Gasteiger partial charge in [-0.15, -0.1) is 10.2 Å². The number of hydrogen-bond donors (Lipinski definition) is 8. The SMILES string of the molecule is CC1(C)C(/C=C/C(=C/C=C2/N(CCCS(=O)(=O)O)c3ccc(C(=O)N(CCS(=O)(=O)O)CCS(=O)(=O)O)cc3C2(C)C)c2ccc(C(=O)NCCC(=O)Nc3nnc(S(N)(=O)=O)s3)cn2)=[N+](CCCS(=O)(=O)[O-])c2ccc(C(=O)N(CCS(=O)(=O)O)CCS(=O)(=O)O)cc21. The van der Waals surface area contributed by atoms with E-state index < -0.39 is 170 Å². The molecule has 0 atom stereocenters. The quantitative estimate of drug-likeness (QED) is 0.0144. The van der Waals surface area contributed by atoms with Gasteiger partial charge in [0.05, 0.1) is 55.6 Å². The number of carbonyl (C=O) groups excluding carboxylic acids is 4. The number of nitrogens with zero attached hydrogens (tertiary/aromatic N) is 7. The Morgan fingerprint density at radius 2 is 1.19 bits per heavy atom. The lowest BCUT2D eigenvalue weighted by molar-refractivity contribution is -0.437. The highest BCUT2D eigenvalue weighted by Gasteiger charge is 2.45. The maximum absolute atomic E-state index is 14.1. The third kappa shape index (κ3) is 21.8. The number of primary sulfonamides is 1. The molecule has 0 fully saturated rings. The second-order valence-electron chi connectivity index (χ2n) is 22.3. The Bertz CT molecular complexity index is 4520. The number of nitrogens with one attached hydrogen (secondary N) is 2. The molecular formula is C52H66N10O24S8. The van der Waals surface area contributed by atoms with Gasteiger partial charge in [0.1, 0.15) is 6.54 Å². The highest BCUT2D eigenvalue weighted by molar-refractivity contribution is 7.91. The first-order chi connectivity index (χ1) is 43.1. The van der Waals surface area contributed by atoms with E-state index in [1.54, 1.807) is 61.5 Å². The molecule has 4 aromatic rings. The molecule has 0 spiro atoms. The fourth-order valence-corrected chi connectivity index (χ4v) is 14.1. The molecule has 4 heterocycles. The second-order valence-corrected chi connectivity index (χ2v) is 34.4. The van der Waals surface area contributed by atoms with Crippen molar-refractivity contribution in [3.63, 3.8) is 0 Å². The third-order valence-corrected chi connectivity index (χ3v) is 21.1. The zero-order chi connectivity index (χ0) is 70.4. The van der Waals surface area contributed by atoms with Gasteiger partial charge in [-0.25, -0.2) is 22.0 Å². The second kappa shape index (κ2) is 29.6. The number of carbonyl (C=O) groups is 4. The number of benzene rings is 2. The van der Waals surface area contributed by atoms with E-state index in [0.717, 1.165) is 9.80 Å². The van der Waals surface area contributed by atoms with Gasteiger partial charge in [-0.2, -0.15) is 46.7 Å². The van der Waals surface area contributed by atoms with E-state index in [1.165, 1.54) is 54.7 Å². The number of amides is 4. The van der Waals surface area contributed by atoms with Gasteiger partial charge < -0.3 is 29.9 Å². The van der Waals surface area contributed by atoms with E-state index in [4.69, 9.17) is 5.14 Å². The third-order valence-electron chi connectivity index (χ3n) is 14.6. The molecule has 0 saturated heterocycles. The molecule has 516 valence electrons. The Morgan fingerprint density at radius 1 is 0.670 bits per heavy atom. The molecule has 0 unspecified atom stereocenters. The Kier molecular flexibility index (Phi) is 24.0. The lowest BCUT2D eigenvalue weighted by atomic mass is 9.80. The Morgan fingerprint density at radius 3 is 1.68 bits per heavy atom. The summed E-state index contributed by atoms with van der Waals surface area (Å²) in [5, 5.41) is 16.7. The van der Waals surface area contributed by atoms with Gasteiger partial charge in [0.15, 0.2) is 5.71 Å². The summed E-state index contributed by atoms with van der Waals surface area (Å²) in [6.07, 6.45) is 6.77. The fourth-order valence-electron chi connectivity index (χ4n) is 10.0. The highest BCUT2D eigenvalue weighted by Crippen LogP contribution is 2.49. The van der Waals surface area contributed by atoms with Crippen LogP contribution in [-0.2, 0) is 86.4 Å². The standard InChI is InChI=1S/C52H66N10O24S8/c1-51(2)38-31-35(47(65)59(21-27-90(73,74)75)22-28-91(76,77)78)8-13-41(38)61(19-5-25-88(67,68)69)43(51)15-10-34(40-12-7-37(33-55-40)46(64)54-18-17-45(63)56-49-57-58-50(87-49)94(53,85)86)11-16-44-52(3,4)39-32-36(9-14-42(39)62(44)20-6-26-89(70,71)72)48(66)60(23-29-92(79,80)81)24-30-93(82,83)84/h7-16,31-33H,5-6,17-30H2,1-4H3,(H9-,53,54,56,57,63,64,67,68,69,70,71,72,73,74,75,76,77,78,79,80,81,82,83,84,85,86). The Hall–Kier alpha value is -6.91. The van der Waals surface area contributed by atoms with Crippen LogP contribution in [-0.4, -0.2) is 225 Å². The van der Waals surface area contributed by atoms with Gasteiger partial charge in [-0.1, -0.05) is 31.3 Å². The van der Waals surface area contributed by atoms with Crippen molar-refractivity contribution < 1.29 is 110 Å². The minimum Gasteiger partial charge on any atom is -0.748 e. The van der Waals surface area contributed by atoms with Crippen LogP contribution in [0.15, 0.2) is 89.1 Å². The topological polar surface area (TPSA) is 533 Å². The summed E-state index contributed by atoms with van der Waals surface area (Å²) in [5.41, 5.74) is 0.139. The normalized spacial score (nSPS) is 15.7. The summed E-state index contributed by atoms with van der Waals surface area (Å²) in [4.78, 5) is 62.1. The smallest absolute Gasteiger partial charge is 0.267 e. The number of sulfonamides is 1. The number of allylic oxidation sites excluding steroid dienone is 6. The molecule has 0 saturated carbocycles. The molecule has 0 radical (unpaired) electrons. The molecule has 2 aliphatic rings. The van der Waals surface area contributed by atoms with Crippen LogP contribution < -0.4 is 20.7 Å². The average Bonchev–Trinajstić information content (AvgIpc) is 1.60. The minimum absolute atomic E-state index is 0.0221. The van der Waals surface area contributed by atoms with Crippen LogP contribution in [0.2, 0.25) is 0 Å². The Balaban J connectivity index is 1.48. The number of aromatic nitrogens is 3. The molecule has 9 N–H and O–H groups in total. The maximum Gasteiger partial charge on any atom is 0.267 e. The van der Waals surface area contributed by atoms with Crippen LogP contribution in [0.5, 0.6) is 0 Å². The summed E-state index contributed by atoms with van der Waals surface area (Å²) < 4.78 is 226. The van der Waals surface area contributed by atoms with Gasteiger partial charge in [-0.3, -0.25) is 46.9 Å². The summed E-state index contributed by atoms with van der Waals surface area (Å²) >= 11 is 0.496. The molecule has 2 aromatic carbocycles. The van der Waals surface area contributed by atoms with E-state index in [9.17, 15) is 105 Å². The molecule has 2 aromatic heterocycles. The van der Waals surface area contributed by atoms with Crippen LogP contribution >= 0.6 is 11.3 Å². The predicted octanol–water partition coefficient (Wildman–Crippen LogP) is 0.686. The number of hydrogen-bond acceptors (Lipinski definition) is 24. The lowest BCUT2D eigenvalue weighted by Crippen LogP contribution is -2.38. The first kappa shape index (κ1) is 76.1. The molecule has 4 amide bonds. The summed E-state index contributed by atoms with van der Waals surface area (Å²) in [6.45, 7) is 3.57. The van der Waals surface area contributed by atoms with Crippen molar-refractivity contribution in [3.05, 3.63) is 118 Å². The van der Waals surface area contributed by atoms with Crippen molar-refractivity contribution in [2.75, 3.05) is 90.5 Å². The van der Waals surface area contributed by atoms with Crippen molar-refractivity contribution in [2.45, 2.75) is 62.1 Å². The van der Waals surface area contributed by atoms with E-state index in [1.807, 2.05) is 0 Å². The van der Waals surface area contributed by atoms with Crippen molar-refractivity contribution in [1.82, 2.24) is 30.3 Å². The average molecular weight is 1470 g/mol. The molecule has 94 heavy (non-hydrogen) atoms. The van der Waals surface area contributed by atoms with Crippen molar-refractivity contribution in [1.29, 1.82) is 0 Å². The largest absolute Gasteiger partial charge is 0.748 e. The molecule has 42 heteroatoms. The van der Waals surface area contributed by atoms with Crippen LogP contribution in [0, 0.1) is 0 Å². The highest BCUT2D eigenvalue weighted by atomic mass is 32.3. The van der Waals surface area contributed by atoms with Crippen molar-refractivity contribution in [3.8, 4) is 0 Å². The lowest BCUT2D eigenvalue weighted by Gasteiger charge is -2.27. The molecule has 0 bridgehead atoms. The van der Waals surface area contributed by atoms with Gasteiger partial charge in [0, 0.05) is 115 Å². The van der Waals surface area contributed by atoms with E-state index in [2.05, 4.69) is 25.8 Å². The molecule has 0 aliphatic carbocycles. The van der Waals surface area contributed by atoms with Crippen molar-refractivity contribution in [2.24, 2.45) is 5.14 Å².